The zero-order chi connectivity index (χ0) is 40.3. The average molecular weight is 766 g/mol. The Morgan fingerprint density at radius 1 is 0.772 bits per heavy atom. The van der Waals surface area contributed by atoms with Crippen LogP contribution in [0.1, 0.15) is 27.9 Å². The first-order valence-corrected chi connectivity index (χ1v) is 18.7. The quantitative estimate of drug-likeness (QED) is 0.101. The maximum Gasteiger partial charge on any atom is 0.324 e. The second kappa shape index (κ2) is 18.7. The average Bonchev–Trinajstić information content (AvgIpc) is 3.56. The third-order valence-electron chi connectivity index (χ3n) is 9.20. The fourth-order valence-corrected chi connectivity index (χ4v) is 6.27. The number of nitrogens with zero attached hydrogens (tertiary/aromatic N) is 6. The van der Waals surface area contributed by atoms with Crippen LogP contribution in [0.15, 0.2) is 122 Å². The van der Waals surface area contributed by atoms with E-state index >= 15 is 0 Å². The zero-order valence-corrected chi connectivity index (χ0v) is 32.6. The Labute approximate surface area is 333 Å². The third kappa shape index (κ3) is 11.1. The molecule has 1 aliphatic heterocycles. The van der Waals surface area contributed by atoms with E-state index in [2.05, 4.69) is 25.9 Å². The van der Waals surface area contributed by atoms with Gasteiger partial charge in [0.05, 0.1) is 23.8 Å². The van der Waals surface area contributed by atoms with Crippen LogP contribution < -0.4 is 20.9 Å². The van der Waals surface area contributed by atoms with Crippen LogP contribution in [-0.4, -0.2) is 96.2 Å². The number of pyridine rings is 2. The molecule has 57 heavy (non-hydrogen) atoms. The number of anilines is 5. The van der Waals surface area contributed by atoms with Crippen molar-refractivity contribution >= 4 is 52.3 Å². The summed E-state index contributed by atoms with van der Waals surface area (Å²) in [7, 11) is 7.32. The van der Waals surface area contributed by atoms with Crippen molar-refractivity contribution in [2.45, 2.75) is 19.4 Å². The van der Waals surface area contributed by atoms with Crippen LogP contribution >= 0.6 is 0 Å². The summed E-state index contributed by atoms with van der Waals surface area (Å²) in [5.74, 6) is 0.240. The molecule has 0 atom stereocenters. The van der Waals surface area contributed by atoms with E-state index in [4.69, 9.17) is 0 Å². The molecule has 6 rings (SSSR count). The molecule has 0 bridgehead atoms. The number of carbonyl (C=O) groups excluding carboxylic acids is 4. The second-order valence-electron chi connectivity index (χ2n) is 14.2. The van der Waals surface area contributed by atoms with Crippen LogP contribution in [0.5, 0.6) is 0 Å². The molecule has 0 unspecified atom stereocenters. The molecule has 3 heterocycles. The van der Waals surface area contributed by atoms with E-state index in [9.17, 15) is 19.2 Å². The van der Waals surface area contributed by atoms with Gasteiger partial charge in [-0.1, -0.05) is 42.5 Å². The second-order valence-corrected chi connectivity index (χ2v) is 14.2. The number of nitrogens with one attached hydrogen (secondary N) is 3. The van der Waals surface area contributed by atoms with Crippen molar-refractivity contribution in [2.24, 2.45) is 0 Å². The number of rotatable bonds is 15. The molecule has 3 N–H and O–H groups in total. The third-order valence-corrected chi connectivity index (χ3v) is 9.20. The van der Waals surface area contributed by atoms with Crippen LogP contribution in [0, 0.1) is 0 Å². The van der Waals surface area contributed by atoms with Gasteiger partial charge in [0, 0.05) is 81.5 Å². The maximum absolute atomic E-state index is 13.6. The maximum atomic E-state index is 13.6. The van der Waals surface area contributed by atoms with Gasteiger partial charge < -0.3 is 30.7 Å². The zero-order valence-electron chi connectivity index (χ0n) is 32.6. The van der Waals surface area contributed by atoms with E-state index in [1.165, 1.54) is 6.08 Å². The summed E-state index contributed by atoms with van der Waals surface area (Å²) in [5, 5.41) is 9.12. The lowest BCUT2D eigenvalue weighted by Gasteiger charge is -2.19. The smallest absolute Gasteiger partial charge is 0.324 e. The molecular weight excluding hydrogens is 719 g/mol. The van der Waals surface area contributed by atoms with Gasteiger partial charge in [0.1, 0.15) is 5.82 Å². The highest BCUT2D eigenvalue weighted by atomic mass is 16.2. The number of hydrogen-bond acceptors (Lipinski definition) is 8. The first kappa shape index (κ1) is 39.8. The summed E-state index contributed by atoms with van der Waals surface area (Å²) in [6.07, 6.45) is 9.21. The van der Waals surface area contributed by atoms with E-state index in [1.807, 2.05) is 110 Å². The fraction of sp³-hybridized carbons (Fsp3) is 0.227. The van der Waals surface area contributed by atoms with E-state index in [0.717, 1.165) is 22.3 Å². The van der Waals surface area contributed by atoms with Gasteiger partial charge in [0.25, 0.3) is 5.91 Å². The molecule has 0 spiro atoms. The molecule has 2 aromatic heterocycles. The highest BCUT2D eigenvalue weighted by Crippen LogP contribution is 2.27. The monoisotopic (exact) mass is 765 g/mol. The number of carbonyl (C=O) groups is 4. The molecule has 13 heteroatoms. The molecule has 1 fully saturated rings. The van der Waals surface area contributed by atoms with E-state index in [-0.39, 0.29) is 30.2 Å². The summed E-state index contributed by atoms with van der Waals surface area (Å²) in [4.78, 5) is 66.8. The Balaban J connectivity index is 0.989. The van der Waals surface area contributed by atoms with Gasteiger partial charge >= 0.3 is 6.03 Å². The molecule has 1 aliphatic rings. The van der Waals surface area contributed by atoms with Gasteiger partial charge in [-0.3, -0.25) is 24.3 Å². The van der Waals surface area contributed by atoms with Crippen LogP contribution in [0.3, 0.4) is 0 Å². The predicted octanol–water partition coefficient (Wildman–Crippen LogP) is 6.66. The minimum absolute atomic E-state index is 0.0490. The molecular formula is C44H47N9O4. The van der Waals surface area contributed by atoms with E-state index < -0.39 is 0 Å². The van der Waals surface area contributed by atoms with Gasteiger partial charge in [0.2, 0.25) is 11.8 Å². The van der Waals surface area contributed by atoms with Gasteiger partial charge in [-0.05, 0) is 91.8 Å². The molecule has 5 amide bonds. The van der Waals surface area contributed by atoms with Crippen molar-refractivity contribution in [3.8, 4) is 11.1 Å². The first-order valence-electron chi connectivity index (χ1n) is 18.7. The molecule has 0 saturated carbocycles. The number of urea groups is 1. The van der Waals surface area contributed by atoms with Gasteiger partial charge in [0.15, 0.2) is 0 Å². The summed E-state index contributed by atoms with van der Waals surface area (Å²) >= 11 is 0. The fourth-order valence-electron chi connectivity index (χ4n) is 6.27. The summed E-state index contributed by atoms with van der Waals surface area (Å²) in [5.41, 5.74) is 7.01. The van der Waals surface area contributed by atoms with Gasteiger partial charge in [-0.2, -0.15) is 0 Å². The Bertz CT molecular complexity index is 2240. The van der Waals surface area contributed by atoms with Crippen LogP contribution in [0.2, 0.25) is 0 Å². The van der Waals surface area contributed by atoms with Crippen LogP contribution in [0.25, 0.3) is 11.1 Å². The van der Waals surface area contributed by atoms with Crippen LogP contribution in [-0.2, 0) is 22.6 Å². The highest BCUT2D eigenvalue weighted by Gasteiger charge is 2.30. The summed E-state index contributed by atoms with van der Waals surface area (Å²) in [6.45, 7) is 2.10. The largest absolute Gasteiger partial charge is 0.345 e. The normalized spacial score (nSPS) is 12.6. The number of aromatic nitrogens is 2. The van der Waals surface area contributed by atoms with Crippen molar-refractivity contribution < 1.29 is 19.2 Å². The Kier molecular flexibility index (Phi) is 13.0. The Morgan fingerprint density at radius 2 is 1.49 bits per heavy atom. The van der Waals surface area contributed by atoms with Crippen molar-refractivity contribution in [1.82, 2.24) is 24.7 Å². The molecule has 3 aromatic carbocycles. The summed E-state index contributed by atoms with van der Waals surface area (Å²) < 4.78 is 0. The lowest BCUT2D eigenvalue weighted by molar-refractivity contribution is -0.116. The van der Waals surface area contributed by atoms with Crippen molar-refractivity contribution in [3.63, 3.8) is 0 Å². The van der Waals surface area contributed by atoms with Gasteiger partial charge in [-0.15, -0.1) is 0 Å². The van der Waals surface area contributed by atoms with Crippen molar-refractivity contribution in [2.75, 3.05) is 68.7 Å². The summed E-state index contributed by atoms with van der Waals surface area (Å²) in [6, 6.07) is 28.0. The topological polar surface area (TPSA) is 143 Å². The minimum Gasteiger partial charge on any atom is -0.345 e. The van der Waals surface area contributed by atoms with Crippen molar-refractivity contribution in [1.29, 1.82) is 0 Å². The lowest BCUT2D eigenvalue weighted by Crippen LogP contribution is -2.31. The van der Waals surface area contributed by atoms with E-state index in [1.54, 1.807) is 53.5 Å². The standard InChI is InChI=1S/C44H47N9O4/c1-50(2)21-7-12-41(54)48-36-10-5-8-31(24-36)13-20-42(55)49-37-11-6-9-32(25-37)30-52-22-23-53(44(52)57)39-26-38(28-45-29-39)47-40-19-18-35(27-46-40)33-14-16-34(17-15-33)43(56)51(3)4/h5-12,14-19,24-29H,13,20-23,30H2,1-4H3,(H,46,47)(H,48,54)(H,49,55)/b12-7+. The molecule has 0 radical (unpaired) electrons. The molecule has 0 aliphatic carbocycles. The number of hydrogen-bond donors (Lipinski definition) is 3. The number of aryl methyl sites for hydroxylation is 1. The lowest BCUT2D eigenvalue weighted by atomic mass is 10.1. The predicted molar refractivity (Wildman–Crippen MR) is 225 cm³/mol. The molecule has 13 nitrogen and oxygen atoms in total. The minimum atomic E-state index is -0.203. The van der Waals surface area contributed by atoms with Gasteiger partial charge in [-0.25, -0.2) is 9.78 Å². The van der Waals surface area contributed by atoms with Crippen molar-refractivity contribution in [3.05, 3.63) is 138 Å². The molecule has 1 saturated heterocycles. The number of benzene rings is 3. The Hall–Kier alpha value is -6.86. The number of likely N-dealkylation sites (N-methyl/N-ethyl adjacent to an activating group) is 1. The first-order chi connectivity index (χ1) is 27.5. The van der Waals surface area contributed by atoms with E-state index in [0.29, 0.717) is 66.7 Å². The van der Waals surface area contributed by atoms with Crippen LogP contribution in [0.4, 0.5) is 33.4 Å². The molecule has 5 aromatic rings. The SMILES string of the molecule is CN(C)C/C=C/C(=O)Nc1cccc(CCC(=O)Nc2cccc(CN3CCN(c4cncc(Nc5ccc(-c6ccc(C(=O)N(C)C)cc6)cn5)c4)C3=O)c2)c1. The highest BCUT2D eigenvalue weighted by molar-refractivity contribution is 5.99. The Morgan fingerprint density at radius 3 is 2.21 bits per heavy atom. The molecule has 292 valence electrons. The number of amides is 5.